The molecule has 0 spiro atoms. The number of hydrogen-bond acceptors (Lipinski definition) is 2. The van der Waals surface area contributed by atoms with Gasteiger partial charge in [-0.1, -0.05) is 29.8 Å². The van der Waals surface area contributed by atoms with Crippen LogP contribution in [0.2, 0.25) is 5.02 Å². The van der Waals surface area contributed by atoms with E-state index in [1.54, 1.807) is 29.9 Å². The van der Waals surface area contributed by atoms with Crippen LogP contribution in [0.5, 0.6) is 5.75 Å². The van der Waals surface area contributed by atoms with E-state index < -0.39 is 0 Å². The smallest absolute Gasteiger partial charge is 0.326 e. The van der Waals surface area contributed by atoms with E-state index in [0.717, 1.165) is 22.3 Å². The van der Waals surface area contributed by atoms with Gasteiger partial charge < -0.3 is 9.72 Å². The van der Waals surface area contributed by atoms with E-state index in [9.17, 15) is 4.79 Å². The molecule has 0 aliphatic rings. The average molecular weight is 289 g/mol. The molecule has 1 N–H and O–H groups in total. The maximum Gasteiger partial charge on any atom is 0.326 e. The van der Waals surface area contributed by atoms with Crippen molar-refractivity contribution in [3.8, 4) is 5.75 Å². The van der Waals surface area contributed by atoms with Crippen LogP contribution in [-0.2, 0) is 6.54 Å². The van der Waals surface area contributed by atoms with E-state index in [-0.39, 0.29) is 5.69 Å². The first-order chi connectivity index (χ1) is 9.69. The molecule has 102 valence electrons. The highest BCUT2D eigenvalue weighted by atomic mass is 35.5. The zero-order valence-electron chi connectivity index (χ0n) is 10.9. The number of methoxy groups -OCH3 is 1. The molecule has 0 aliphatic heterocycles. The van der Waals surface area contributed by atoms with Gasteiger partial charge >= 0.3 is 5.69 Å². The first-order valence-electron chi connectivity index (χ1n) is 6.19. The summed E-state index contributed by atoms with van der Waals surface area (Å²) in [5.41, 5.74) is 2.34. The standard InChI is InChI=1S/C15H13ClN2O2/c1-20-14-5-3-2-4-10(14)9-18-13-8-11(16)6-7-12(13)17-15(18)19/h2-8H,9H2,1H3,(H,17,19). The van der Waals surface area contributed by atoms with Gasteiger partial charge in [-0.05, 0) is 24.3 Å². The van der Waals surface area contributed by atoms with Crippen LogP contribution < -0.4 is 10.4 Å². The monoisotopic (exact) mass is 288 g/mol. The van der Waals surface area contributed by atoms with Crippen molar-refractivity contribution < 1.29 is 4.74 Å². The molecule has 0 unspecified atom stereocenters. The molecule has 0 radical (unpaired) electrons. The van der Waals surface area contributed by atoms with Gasteiger partial charge in [0.25, 0.3) is 0 Å². The van der Waals surface area contributed by atoms with Crippen LogP contribution in [0.25, 0.3) is 11.0 Å². The summed E-state index contributed by atoms with van der Waals surface area (Å²) in [5.74, 6) is 0.760. The highest BCUT2D eigenvalue weighted by molar-refractivity contribution is 6.31. The Morgan fingerprint density at radius 1 is 1.25 bits per heavy atom. The Morgan fingerprint density at radius 2 is 2.05 bits per heavy atom. The lowest BCUT2D eigenvalue weighted by Gasteiger charge is -2.09. The van der Waals surface area contributed by atoms with E-state index in [1.165, 1.54) is 0 Å². The number of para-hydroxylation sites is 1. The van der Waals surface area contributed by atoms with Crippen molar-refractivity contribution in [2.75, 3.05) is 7.11 Å². The van der Waals surface area contributed by atoms with E-state index in [0.29, 0.717) is 11.6 Å². The second kappa shape index (κ2) is 5.06. The molecule has 0 amide bonds. The minimum atomic E-state index is -0.159. The van der Waals surface area contributed by atoms with Gasteiger partial charge in [0.2, 0.25) is 0 Å². The summed E-state index contributed by atoms with van der Waals surface area (Å²) >= 11 is 6.01. The van der Waals surface area contributed by atoms with Gasteiger partial charge in [0, 0.05) is 10.6 Å². The fraction of sp³-hybridized carbons (Fsp3) is 0.133. The number of imidazole rings is 1. The van der Waals surface area contributed by atoms with Gasteiger partial charge in [0.15, 0.2) is 0 Å². The van der Waals surface area contributed by atoms with Crippen molar-refractivity contribution >= 4 is 22.6 Å². The number of aromatic nitrogens is 2. The fourth-order valence-electron chi connectivity index (χ4n) is 2.29. The Hall–Kier alpha value is -2.20. The molecular weight excluding hydrogens is 276 g/mol. The maximum atomic E-state index is 12.1. The zero-order valence-corrected chi connectivity index (χ0v) is 11.6. The molecule has 1 heterocycles. The van der Waals surface area contributed by atoms with Crippen molar-refractivity contribution in [3.05, 3.63) is 63.5 Å². The third kappa shape index (κ3) is 2.18. The second-order valence-electron chi connectivity index (χ2n) is 4.49. The molecule has 0 fully saturated rings. The van der Waals surface area contributed by atoms with Gasteiger partial charge in [-0.25, -0.2) is 4.79 Å². The Labute approximate surface area is 120 Å². The quantitative estimate of drug-likeness (QED) is 0.805. The maximum absolute atomic E-state index is 12.1. The van der Waals surface area contributed by atoms with Crippen LogP contribution in [0.3, 0.4) is 0 Å². The summed E-state index contributed by atoms with van der Waals surface area (Å²) in [5, 5.41) is 0.602. The number of ether oxygens (including phenoxy) is 1. The summed E-state index contributed by atoms with van der Waals surface area (Å²) < 4.78 is 6.97. The third-order valence-electron chi connectivity index (χ3n) is 3.26. The molecule has 20 heavy (non-hydrogen) atoms. The molecule has 0 saturated carbocycles. The lowest BCUT2D eigenvalue weighted by molar-refractivity contribution is 0.408. The summed E-state index contributed by atoms with van der Waals surface area (Å²) in [6.45, 7) is 0.434. The summed E-state index contributed by atoms with van der Waals surface area (Å²) in [7, 11) is 1.62. The molecular formula is C15H13ClN2O2. The highest BCUT2D eigenvalue weighted by Gasteiger charge is 2.10. The number of nitrogens with zero attached hydrogens (tertiary/aromatic N) is 1. The minimum Gasteiger partial charge on any atom is -0.496 e. The molecule has 0 bridgehead atoms. The van der Waals surface area contributed by atoms with Crippen LogP contribution in [-0.4, -0.2) is 16.7 Å². The predicted octanol–water partition coefficient (Wildman–Crippen LogP) is 3.04. The largest absolute Gasteiger partial charge is 0.496 e. The van der Waals surface area contributed by atoms with Crippen LogP contribution >= 0.6 is 11.6 Å². The number of nitrogens with one attached hydrogen (secondary N) is 1. The molecule has 1 aromatic heterocycles. The van der Waals surface area contributed by atoms with Crippen molar-refractivity contribution in [1.82, 2.24) is 9.55 Å². The molecule has 4 nitrogen and oxygen atoms in total. The first kappa shape index (κ1) is 12.8. The minimum absolute atomic E-state index is 0.159. The number of rotatable bonds is 3. The first-order valence-corrected chi connectivity index (χ1v) is 6.57. The Morgan fingerprint density at radius 3 is 2.85 bits per heavy atom. The SMILES string of the molecule is COc1ccccc1Cn1c(=O)[nH]c2ccc(Cl)cc21. The molecule has 5 heteroatoms. The number of halogens is 1. The fourth-order valence-corrected chi connectivity index (χ4v) is 2.45. The second-order valence-corrected chi connectivity index (χ2v) is 4.93. The average Bonchev–Trinajstić information content (AvgIpc) is 2.76. The molecule has 0 saturated heterocycles. The Bertz CT molecular complexity index is 820. The molecule has 0 aliphatic carbocycles. The van der Waals surface area contributed by atoms with Gasteiger partial charge in [-0.3, -0.25) is 4.57 Å². The van der Waals surface area contributed by atoms with Gasteiger partial charge in [-0.2, -0.15) is 0 Å². The van der Waals surface area contributed by atoms with Crippen molar-refractivity contribution in [2.45, 2.75) is 6.54 Å². The zero-order chi connectivity index (χ0) is 14.1. The van der Waals surface area contributed by atoms with Crippen molar-refractivity contribution in [3.63, 3.8) is 0 Å². The van der Waals surface area contributed by atoms with Crippen LogP contribution in [0.15, 0.2) is 47.3 Å². The molecule has 0 atom stereocenters. The molecule has 3 rings (SSSR count). The normalized spacial score (nSPS) is 10.9. The van der Waals surface area contributed by atoms with Crippen LogP contribution in [0.1, 0.15) is 5.56 Å². The van der Waals surface area contributed by atoms with E-state index >= 15 is 0 Å². The topological polar surface area (TPSA) is 47.0 Å². The highest BCUT2D eigenvalue weighted by Crippen LogP contribution is 2.21. The Kier molecular flexibility index (Phi) is 3.24. The van der Waals surface area contributed by atoms with Crippen LogP contribution in [0.4, 0.5) is 0 Å². The number of aromatic amines is 1. The third-order valence-corrected chi connectivity index (χ3v) is 3.49. The van der Waals surface area contributed by atoms with Gasteiger partial charge in [0.1, 0.15) is 5.75 Å². The van der Waals surface area contributed by atoms with Crippen molar-refractivity contribution in [2.24, 2.45) is 0 Å². The van der Waals surface area contributed by atoms with Crippen molar-refractivity contribution in [1.29, 1.82) is 0 Å². The summed E-state index contributed by atoms with van der Waals surface area (Å²) in [4.78, 5) is 14.9. The lowest BCUT2D eigenvalue weighted by atomic mass is 10.2. The molecule has 2 aromatic carbocycles. The Balaban J connectivity index is 2.13. The number of fused-ring (bicyclic) bond motifs is 1. The van der Waals surface area contributed by atoms with Crippen LogP contribution in [0, 0.1) is 0 Å². The summed E-state index contributed by atoms with van der Waals surface area (Å²) in [6.07, 6.45) is 0. The van der Waals surface area contributed by atoms with E-state index in [4.69, 9.17) is 16.3 Å². The van der Waals surface area contributed by atoms with Gasteiger partial charge in [-0.15, -0.1) is 0 Å². The summed E-state index contributed by atoms with van der Waals surface area (Å²) in [6, 6.07) is 13.0. The van der Waals surface area contributed by atoms with E-state index in [2.05, 4.69) is 4.98 Å². The molecule has 3 aromatic rings. The number of H-pyrrole nitrogens is 1. The van der Waals surface area contributed by atoms with E-state index in [1.807, 2.05) is 24.3 Å². The predicted molar refractivity (Wildman–Crippen MR) is 79.7 cm³/mol. The van der Waals surface area contributed by atoms with Gasteiger partial charge in [0.05, 0.1) is 24.7 Å². The lowest BCUT2D eigenvalue weighted by Crippen LogP contribution is -2.17. The number of hydrogen-bond donors (Lipinski definition) is 1. The number of benzene rings is 2.